The number of aromatic nitrogens is 2. The van der Waals surface area contributed by atoms with Crippen molar-refractivity contribution in [3.8, 4) is 23.0 Å². The zero-order chi connectivity index (χ0) is 25.0. The average Bonchev–Trinajstić information content (AvgIpc) is 3.12. The number of amides is 1. The maximum atomic E-state index is 13.0. The molecule has 0 aliphatic carbocycles. The highest BCUT2D eigenvalue weighted by atomic mass is 16.5. The first-order valence-electron chi connectivity index (χ1n) is 10.6. The Kier molecular flexibility index (Phi) is 7.50. The molecule has 10 nitrogen and oxygen atoms in total. The number of H-pyrrole nitrogens is 1. The zero-order valence-electron chi connectivity index (χ0n) is 20.1. The molecule has 0 aliphatic heterocycles. The van der Waals surface area contributed by atoms with Gasteiger partial charge in [-0.25, -0.2) is 4.79 Å². The number of carbonyl (C=O) groups is 1. The average molecular weight is 472 g/mol. The molecule has 2 aromatic heterocycles. The normalized spacial score (nSPS) is 11.7. The van der Waals surface area contributed by atoms with Gasteiger partial charge in [0.05, 0.1) is 32.6 Å². The molecule has 3 N–H and O–H groups in total. The summed E-state index contributed by atoms with van der Waals surface area (Å²) in [5, 5.41) is 20.5. The molecular weight excluding hydrogens is 442 g/mol. The zero-order valence-corrected chi connectivity index (χ0v) is 20.1. The van der Waals surface area contributed by atoms with Crippen LogP contribution in [0, 0.1) is 20.8 Å². The molecule has 10 heteroatoms. The first-order chi connectivity index (χ1) is 16.2. The van der Waals surface area contributed by atoms with Crippen LogP contribution in [-0.4, -0.2) is 42.5 Å². The van der Waals surface area contributed by atoms with Gasteiger partial charge in [0.1, 0.15) is 11.5 Å². The summed E-state index contributed by atoms with van der Waals surface area (Å²) in [6.07, 6.45) is -0.164. The second kappa shape index (κ2) is 10.3. The summed E-state index contributed by atoms with van der Waals surface area (Å²) in [5.41, 5.74) is 2.18. The van der Waals surface area contributed by atoms with E-state index in [1.165, 1.54) is 27.4 Å². The van der Waals surface area contributed by atoms with Gasteiger partial charge in [-0.2, -0.15) is 5.10 Å². The van der Waals surface area contributed by atoms with E-state index in [0.717, 1.165) is 17.0 Å². The Labute approximate surface area is 196 Å². The molecular formula is C24H29N3O7. The van der Waals surface area contributed by atoms with Crippen LogP contribution in [-0.2, 0) is 11.3 Å². The van der Waals surface area contributed by atoms with Crippen LogP contribution in [0.5, 0.6) is 23.0 Å². The summed E-state index contributed by atoms with van der Waals surface area (Å²) < 4.78 is 21.6. The maximum absolute atomic E-state index is 13.0. The van der Waals surface area contributed by atoms with E-state index in [1.807, 2.05) is 13.8 Å². The molecule has 3 aromatic rings. The van der Waals surface area contributed by atoms with Crippen molar-refractivity contribution in [2.45, 2.75) is 39.7 Å². The number of hydrogen-bond acceptors (Lipinski definition) is 8. The number of aromatic amines is 1. The summed E-state index contributed by atoms with van der Waals surface area (Å²) in [4.78, 5) is 25.8. The van der Waals surface area contributed by atoms with Crippen molar-refractivity contribution in [1.29, 1.82) is 0 Å². The van der Waals surface area contributed by atoms with E-state index in [2.05, 4.69) is 15.5 Å². The van der Waals surface area contributed by atoms with Crippen LogP contribution in [0.3, 0.4) is 0 Å². The lowest BCUT2D eigenvalue weighted by atomic mass is 9.87. The Balaban J connectivity index is 2.06. The minimum atomic E-state index is -0.891. The topological polar surface area (TPSA) is 136 Å². The summed E-state index contributed by atoms with van der Waals surface area (Å²) in [5.74, 6) is -0.268. The Morgan fingerprint density at radius 3 is 2.41 bits per heavy atom. The molecule has 0 saturated carbocycles. The number of carbonyl (C=O) groups excluding carboxylic acids is 1. The number of benzene rings is 1. The minimum Gasteiger partial charge on any atom is -0.507 e. The van der Waals surface area contributed by atoms with Crippen LogP contribution in [0.25, 0.3) is 0 Å². The van der Waals surface area contributed by atoms with Crippen molar-refractivity contribution < 1.29 is 28.5 Å². The second-order valence-electron chi connectivity index (χ2n) is 7.81. The molecule has 1 amide bonds. The van der Waals surface area contributed by atoms with Crippen molar-refractivity contribution in [2.24, 2.45) is 0 Å². The SMILES string of the molecule is COc1ccc([C@H](CC(=O)NCc2c(C)n[nH]c2C)c2c(O)cc(C)oc2=O)c(OC)c1OC. The fraction of sp³-hybridized carbons (Fsp3) is 0.375. The Bertz CT molecular complexity index is 1230. The number of rotatable bonds is 9. The first-order valence-corrected chi connectivity index (χ1v) is 10.6. The highest BCUT2D eigenvalue weighted by molar-refractivity contribution is 5.78. The van der Waals surface area contributed by atoms with Crippen molar-refractivity contribution >= 4 is 5.91 Å². The van der Waals surface area contributed by atoms with Gasteiger partial charge in [-0.05, 0) is 26.8 Å². The standard InChI is InChI=1S/C24H29N3O7/c1-12-9-18(28)21(24(30)34-12)16(10-20(29)25-11-17-13(2)26-27-14(17)3)15-7-8-19(31-4)23(33-6)22(15)32-5/h7-9,16,28H,10-11H2,1-6H3,(H,25,29)(H,26,27)/t16-/m0/s1. The van der Waals surface area contributed by atoms with E-state index >= 15 is 0 Å². The molecule has 0 fully saturated rings. The van der Waals surface area contributed by atoms with Gasteiger partial charge in [-0.3, -0.25) is 9.89 Å². The smallest absolute Gasteiger partial charge is 0.343 e. The molecule has 2 heterocycles. The van der Waals surface area contributed by atoms with Crippen LogP contribution >= 0.6 is 0 Å². The number of ether oxygens (including phenoxy) is 3. The highest BCUT2D eigenvalue weighted by Gasteiger charge is 2.30. The minimum absolute atomic E-state index is 0.0538. The third-order valence-corrected chi connectivity index (χ3v) is 5.68. The van der Waals surface area contributed by atoms with E-state index in [4.69, 9.17) is 18.6 Å². The van der Waals surface area contributed by atoms with E-state index in [-0.39, 0.29) is 41.7 Å². The van der Waals surface area contributed by atoms with Gasteiger partial charge in [0, 0.05) is 41.8 Å². The summed E-state index contributed by atoms with van der Waals surface area (Å²) in [6, 6.07) is 4.65. The van der Waals surface area contributed by atoms with Crippen LogP contribution in [0.2, 0.25) is 0 Å². The van der Waals surface area contributed by atoms with Crippen molar-refractivity contribution in [3.63, 3.8) is 0 Å². The van der Waals surface area contributed by atoms with Crippen LogP contribution in [0.1, 0.15) is 46.2 Å². The van der Waals surface area contributed by atoms with E-state index in [9.17, 15) is 14.7 Å². The Morgan fingerprint density at radius 1 is 1.15 bits per heavy atom. The summed E-state index contributed by atoms with van der Waals surface area (Å²) in [6.45, 7) is 5.53. The quantitative estimate of drug-likeness (QED) is 0.433. The van der Waals surface area contributed by atoms with Gasteiger partial charge in [-0.1, -0.05) is 6.07 Å². The number of nitrogens with zero attached hydrogens (tertiary/aromatic N) is 1. The Morgan fingerprint density at radius 2 is 1.85 bits per heavy atom. The van der Waals surface area contributed by atoms with Crippen molar-refractivity contribution in [2.75, 3.05) is 21.3 Å². The highest BCUT2D eigenvalue weighted by Crippen LogP contribution is 2.45. The molecule has 1 atom stereocenters. The third-order valence-electron chi connectivity index (χ3n) is 5.68. The lowest BCUT2D eigenvalue weighted by Crippen LogP contribution is -2.27. The molecule has 0 unspecified atom stereocenters. The van der Waals surface area contributed by atoms with Gasteiger partial charge < -0.3 is 29.1 Å². The van der Waals surface area contributed by atoms with Crippen molar-refractivity contribution in [1.82, 2.24) is 15.5 Å². The molecule has 0 radical (unpaired) electrons. The molecule has 3 rings (SSSR count). The van der Waals surface area contributed by atoms with Gasteiger partial charge in [0.2, 0.25) is 11.7 Å². The molecule has 0 aliphatic rings. The fourth-order valence-corrected chi connectivity index (χ4v) is 3.97. The fourth-order valence-electron chi connectivity index (χ4n) is 3.97. The van der Waals surface area contributed by atoms with E-state index < -0.39 is 11.5 Å². The van der Waals surface area contributed by atoms with Crippen LogP contribution in [0.4, 0.5) is 0 Å². The number of aromatic hydroxyl groups is 1. The molecule has 0 spiro atoms. The van der Waals surface area contributed by atoms with E-state index in [1.54, 1.807) is 19.1 Å². The number of methoxy groups -OCH3 is 3. The number of nitrogens with one attached hydrogen (secondary N) is 2. The predicted octanol–water partition coefficient (Wildman–Crippen LogP) is 2.86. The van der Waals surface area contributed by atoms with Gasteiger partial charge >= 0.3 is 5.63 Å². The monoisotopic (exact) mass is 471 g/mol. The lowest BCUT2D eigenvalue weighted by molar-refractivity contribution is -0.121. The Hall–Kier alpha value is -3.95. The summed E-state index contributed by atoms with van der Waals surface area (Å²) in [7, 11) is 4.39. The van der Waals surface area contributed by atoms with Gasteiger partial charge in [-0.15, -0.1) is 0 Å². The number of hydrogen-bond donors (Lipinski definition) is 3. The maximum Gasteiger partial charge on any atom is 0.343 e. The molecule has 1 aromatic carbocycles. The molecule has 0 saturated heterocycles. The van der Waals surface area contributed by atoms with Gasteiger partial charge in [0.25, 0.3) is 0 Å². The predicted molar refractivity (Wildman–Crippen MR) is 124 cm³/mol. The molecule has 0 bridgehead atoms. The molecule has 182 valence electrons. The number of aryl methyl sites for hydroxylation is 3. The largest absolute Gasteiger partial charge is 0.507 e. The lowest BCUT2D eigenvalue weighted by Gasteiger charge is -2.22. The van der Waals surface area contributed by atoms with Gasteiger partial charge in [0.15, 0.2) is 11.5 Å². The first kappa shape index (κ1) is 24.7. The van der Waals surface area contributed by atoms with Crippen LogP contribution in [0.15, 0.2) is 27.4 Å². The second-order valence-corrected chi connectivity index (χ2v) is 7.81. The van der Waals surface area contributed by atoms with Crippen LogP contribution < -0.4 is 25.2 Å². The third kappa shape index (κ3) is 4.85. The summed E-state index contributed by atoms with van der Waals surface area (Å²) >= 11 is 0. The van der Waals surface area contributed by atoms with Crippen molar-refractivity contribution in [3.05, 3.63) is 62.5 Å². The molecule has 34 heavy (non-hydrogen) atoms. The van der Waals surface area contributed by atoms with E-state index in [0.29, 0.717) is 17.1 Å².